The van der Waals surface area contributed by atoms with Crippen LogP contribution in [0.3, 0.4) is 0 Å². The van der Waals surface area contributed by atoms with Crippen LogP contribution in [-0.2, 0) is 54.8 Å². The SMILES string of the molecule is Nc1cc(S(=O)(=O)[O-])cc2cc(S(=O)(=O)[O-])c(N=Nc3cc(Nc4nc(Cl)nc(Nc5cccc(S(=O)(=O)CCOS(=O)(=O)O)c5)n4)ccc3S(=O)(=O)[O-])c([O-])c12.[Na+].[Na+].[Na+].[Na+]. The van der Waals surface area contributed by atoms with E-state index in [4.69, 9.17) is 21.9 Å². The fourth-order valence-corrected chi connectivity index (χ4v) is 8.21. The number of nitrogen functional groups attached to an aromatic ring is 1. The number of hydrogen-bond acceptors (Lipinski definition) is 23. The fraction of sp³-hybridized carbons (Fsp3) is 0.0741. The number of rotatable bonds is 14. The van der Waals surface area contributed by atoms with Crippen LogP contribution in [0.5, 0.6) is 5.75 Å². The van der Waals surface area contributed by atoms with Crippen molar-refractivity contribution in [2.24, 2.45) is 10.2 Å². The zero-order chi connectivity index (χ0) is 42.3. The van der Waals surface area contributed by atoms with Crippen LogP contribution in [-0.4, -0.2) is 87.6 Å². The molecule has 0 radical (unpaired) electrons. The molecular weight excluding hydrogens is 980 g/mol. The van der Waals surface area contributed by atoms with Gasteiger partial charge < -0.3 is 35.1 Å². The van der Waals surface area contributed by atoms with Gasteiger partial charge in [-0.15, -0.1) is 10.2 Å². The van der Waals surface area contributed by atoms with Crippen molar-refractivity contribution < 1.29 is 188 Å². The molecule has 1 aromatic heterocycles. The molecule has 304 valence electrons. The molecule has 61 heavy (non-hydrogen) atoms. The van der Waals surface area contributed by atoms with E-state index in [0.29, 0.717) is 18.2 Å². The summed E-state index contributed by atoms with van der Waals surface area (Å²) in [5.41, 5.74) is 2.98. The van der Waals surface area contributed by atoms with Crippen LogP contribution >= 0.6 is 11.6 Å². The molecule has 5 rings (SSSR count). The zero-order valence-corrected chi connectivity index (χ0v) is 44.3. The van der Waals surface area contributed by atoms with Crippen molar-refractivity contribution in [3.8, 4) is 5.75 Å². The van der Waals surface area contributed by atoms with E-state index >= 15 is 0 Å². The van der Waals surface area contributed by atoms with Crippen LogP contribution in [0, 0.1) is 0 Å². The van der Waals surface area contributed by atoms with E-state index in [1.54, 1.807) is 0 Å². The monoisotopic (exact) mass is 998 g/mol. The van der Waals surface area contributed by atoms with Gasteiger partial charge in [0.2, 0.25) is 17.2 Å². The summed E-state index contributed by atoms with van der Waals surface area (Å²) in [4.78, 5) is 8.07. The van der Waals surface area contributed by atoms with Crippen molar-refractivity contribution in [2.75, 3.05) is 28.7 Å². The molecule has 0 amide bonds. The minimum Gasteiger partial charge on any atom is -0.870 e. The van der Waals surface area contributed by atoms with E-state index in [0.717, 1.165) is 24.3 Å². The Kier molecular flexibility index (Phi) is 21.2. The van der Waals surface area contributed by atoms with Crippen LogP contribution in [0.4, 0.5) is 40.3 Å². The Labute approximate surface area is 440 Å². The minimum absolute atomic E-state index is 0. The van der Waals surface area contributed by atoms with Crippen molar-refractivity contribution in [2.45, 2.75) is 19.6 Å². The Hall–Kier alpha value is -1.21. The maximum Gasteiger partial charge on any atom is 1.00 e. The van der Waals surface area contributed by atoms with Crippen molar-refractivity contribution in [3.63, 3.8) is 0 Å². The number of halogens is 1. The molecule has 5 N–H and O–H groups in total. The first-order chi connectivity index (χ1) is 26.2. The summed E-state index contributed by atoms with van der Waals surface area (Å²) in [6, 6.07) is 9.24. The quantitative estimate of drug-likeness (QED) is 0.0347. The molecule has 4 aromatic carbocycles. The number of nitrogens with zero attached hydrogens (tertiary/aromatic N) is 5. The zero-order valence-electron chi connectivity index (χ0n) is 31.5. The average Bonchev–Trinajstić information content (AvgIpc) is 3.05. The van der Waals surface area contributed by atoms with Crippen LogP contribution in [0.25, 0.3) is 10.8 Å². The van der Waals surface area contributed by atoms with Crippen molar-refractivity contribution in [3.05, 3.63) is 65.9 Å². The Morgan fingerprint density at radius 3 is 1.82 bits per heavy atom. The molecule has 0 bridgehead atoms. The average molecular weight is 999 g/mol. The fourth-order valence-electron chi connectivity index (χ4n) is 4.75. The summed E-state index contributed by atoms with van der Waals surface area (Å²) in [6.45, 7) is -0.885. The summed E-state index contributed by atoms with van der Waals surface area (Å²) in [7, 11) is -25.2. The standard InChI is InChI=1S/C27H23ClN8O16S5.4Na/c28-25-32-26(30-14-2-1-3-16(10-14)53(38,39)7-6-52-57(49,50)51)34-27(33-25)31-15-4-5-20(55(43,44)45)19(11-15)35-36-23-21(56(46,47)48)9-13-8-17(54(40,41)42)12-18(29)22(13)24(23)37;;;;/h1-5,8-12,37H,6-7,29H2,(H,40,41,42)(H,43,44,45)(H,46,47,48)(H,49,50,51)(H2,30,31,32,33,34);;;;/q;4*+1/p-4. The molecule has 5 aromatic rings. The number of hydrogen-bond donors (Lipinski definition) is 4. The number of benzene rings is 4. The third-order valence-corrected chi connectivity index (χ3v) is 11.9. The maximum absolute atomic E-state index is 13.4. The van der Waals surface area contributed by atoms with Gasteiger partial charge in [-0.05, 0) is 77.0 Å². The number of anilines is 5. The molecule has 0 spiro atoms. The number of nitrogens with two attached hydrogens (primary N) is 1. The third kappa shape index (κ3) is 15.4. The van der Waals surface area contributed by atoms with Crippen molar-refractivity contribution in [1.29, 1.82) is 0 Å². The van der Waals surface area contributed by atoms with Gasteiger partial charge in [-0.25, -0.2) is 37.9 Å². The van der Waals surface area contributed by atoms with Crippen molar-refractivity contribution in [1.82, 2.24) is 15.0 Å². The summed E-state index contributed by atoms with van der Waals surface area (Å²) >= 11 is 6.03. The van der Waals surface area contributed by atoms with Crippen LogP contribution in [0.15, 0.2) is 90.5 Å². The first-order valence-corrected chi connectivity index (χ1v) is 22.2. The van der Waals surface area contributed by atoms with E-state index in [-0.39, 0.29) is 146 Å². The number of nitrogens with one attached hydrogen (secondary N) is 2. The van der Waals surface area contributed by atoms with Crippen LogP contribution in [0.2, 0.25) is 5.28 Å². The normalized spacial score (nSPS) is 12.1. The van der Waals surface area contributed by atoms with E-state index in [1.165, 1.54) is 18.2 Å². The van der Waals surface area contributed by atoms with E-state index in [1.807, 2.05) is 0 Å². The molecule has 34 heteroatoms. The van der Waals surface area contributed by atoms with Crippen molar-refractivity contribution >= 4 is 113 Å². The second kappa shape index (κ2) is 22.3. The minimum atomic E-state index is -5.62. The first-order valence-electron chi connectivity index (χ1n) is 14.6. The van der Waals surface area contributed by atoms with E-state index in [9.17, 15) is 60.9 Å². The van der Waals surface area contributed by atoms with E-state index in [2.05, 4.69) is 40.0 Å². The van der Waals surface area contributed by atoms with Gasteiger partial charge in [-0.1, -0.05) is 11.8 Å². The van der Waals surface area contributed by atoms with Gasteiger partial charge in [-0.2, -0.15) is 23.4 Å². The van der Waals surface area contributed by atoms with Gasteiger partial charge in [0.25, 0.3) is 0 Å². The second-order valence-electron chi connectivity index (χ2n) is 11.0. The van der Waals surface area contributed by atoms with Gasteiger partial charge in [0.1, 0.15) is 36.0 Å². The largest absolute Gasteiger partial charge is 1.00 e. The van der Waals surface area contributed by atoms with Gasteiger partial charge >= 0.3 is 129 Å². The first kappa shape index (κ1) is 57.8. The van der Waals surface area contributed by atoms with Gasteiger partial charge in [0.15, 0.2) is 9.84 Å². The summed E-state index contributed by atoms with van der Waals surface area (Å²) in [5, 5.41) is 24.0. The molecule has 0 saturated carbocycles. The predicted octanol–water partition coefficient (Wildman–Crippen LogP) is -10.4. The topological polar surface area (TPSA) is 406 Å². The van der Waals surface area contributed by atoms with Crippen LogP contribution in [0.1, 0.15) is 0 Å². The molecule has 0 unspecified atom stereocenters. The number of sulfone groups is 1. The molecule has 0 fully saturated rings. The Bertz CT molecular complexity index is 3080. The summed E-state index contributed by atoms with van der Waals surface area (Å²) in [6.07, 6.45) is 0. The molecule has 1 heterocycles. The number of fused-ring (bicyclic) bond motifs is 1. The van der Waals surface area contributed by atoms with Gasteiger partial charge in [0, 0.05) is 17.1 Å². The Morgan fingerprint density at radius 2 is 1.28 bits per heavy atom. The van der Waals surface area contributed by atoms with Crippen LogP contribution < -0.4 is 140 Å². The van der Waals surface area contributed by atoms with Gasteiger partial charge in [0.05, 0.1) is 37.6 Å². The third-order valence-electron chi connectivity index (χ3n) is 7.08. The molecule has 0 atom stereocenters. The Balaban J connectivity index is 0.00000465. The van der Waals surface area contributed by atoms with E-state index < -0.39 is 117 Å². The second-order valence-corrected chi connectivity index (χ2v) is 18.6. The summed E-state index contributed by atoms with van der Waals surface area (Å²) in [5.74, 6) is -2.91. The molecule has 0 aliphatic heterocycles. The molecule has 0 saturated heterocycles. The molecule has 0 aliphatic rings. The molecule has 0 aliphatic carbocycles. The predicted molar refractivity (Wildman–Crippen MR) is 190 cm³/mol. The number of azo groups is 1. The summed E-state index contributed by atoms with van der Waals surface area (Å²) < 4.78 is 167. The smallest absolute Gasteiger partial charge is 0.870 e. The molecular formula is C27H19ClN8Na4O16S5. The van der Waals surface area contributed by atoms with Gasteiger partial charge in [-0.3, -0.25) is 4.55 Å². The maximum atomic E-state index is 13.4. The number of aromatic nitrogens is 3. The molecule has 24 nitrogen and oxygen atoms in total. The Morgan fingerprint density at radius 1 is 0.705 bits per heavy atom.